The predicted molar refractivity (Wildman–Crippen MR) is 112 cm³/mol. The van der Waals surface area contributed by atoms with E-state index in [1.165, 1.54) is 17.0 Å². The van der Waals surface area contributed by atoms with E-state index in [9.17, 15) is 13.6 Å². The fraction of sp³-hybridized carbons (Fsp3) is 0.316. The zero-order valence-corrected chi connectivity index (χ0v) is 16.9. The van der Waals surface area contributed by atoms with Gasteiger partial charge in [0.2, 0.25) is 0 Å². The van der Waals surface area contributed by atoms with Crippen LogP contribution in [0.5, 0.6) is 0 Å². The Morgan fingerprint density at radius 3 is 2.53 bits per heavy atom. The smallest absolute Gasteiger partial charge is 0.369 e. The largest absolute Gasteiger partial charge is 0.369 e. The van der Waals surface area contributed by atoms with Crippen molar-refractivity contribution in [2.75, 3.05) is 37.6 Å². The van der Waals surface area contributed by atoms with Crippen LogP contribution >= 0.6 is 11.3 Å². The van der Waals surface area contributed by atoms with Gasteiger partial charge in [-0.2, -0.15) is 18.1 Å². The molecule has 0 atom stereocenters. The number of anilines is 1. The van der Waals surface area contributed by atoms with Crippen LogP contribution in [0.1, 0.15) is 0 Å². The number of halogens is 2. The SMILES string of the molecule is NCC(Cn1nnn(-c2cc(-c3ccc(N4CCNCC4)cc3)cs2)c1=O)=C(F)F. The van der Waals surface area contributed by atoms with Gasteiger partial charge in [0.1, 0.15) is 5.00 Å². The number of tetrazole rings is 1. The summed E-state index contributed by atoms with van der Waals surface area (Å²) in [7, 11) is 0. The number of aromatic nitrogens is 4. The summed E-state index contributed by atoms with van der Waals surface area (Å²) in [5.74, 6) is 0. The molecule has 158 valence electrons. The van der Waals surface area contributed by atoms with Gasteiger partial charge >= 0.3 is 5.69 Å². The first kappa shape index (κ1) is 20.4. The average Bonchev–Trinajstić information content (AvgIpc) is 3.39. The predicted octanol–water partition coefficient (Wildman–Crippen LogP) is 1.68. The monoisotopic (exact) mass is 433 g/mol. The number of nitrogens with zero attached hydrogens (tertiary/aromatic N) is 5. The molecule has 4 rings (SSSR count). The summed E-state index contributed by atoms with van der Waals surface area (Å²) in [6, 6.07) is 10.1. The van der Waals surface area contributed by atoms with E-state index < -0.39 is 11.8 Å². The number of hydrogen-bond acceptors (Lipinski definition) is 7. The van der Waals surface area contributed by atoms with Crippen molar-refractivity contribution in [3.8, 4) is 16.1 Å². The van der Waals surface area contributed by atoms with Crippen molar-refractivity contribution in [2.24, 2.45) is 5.73 Å². The summed E-state index contributed by atoms with van der Waals surface area (Å²) in [6.45, 7) is 3.18. The second-order valence-corrected chi connectivity index (χ2v) is 7.75. The molecule has 1 aliphatic heterocycles. The number of benzene rings is 1. The molecule has 30 heavy (non-hydrogen) atoms. The number of thiophene rings is 1. The highest BCUT2D eigenvalue weighted by Crippen LogP contribution is 2.29. The lowest BCUT2D eigenvalue weighted by atomic mass is 10.1. The second kappa shape index (κ2) is 8.86. The summed E-state index contributed by atoms with van der Waals surface area (Å²) in [6.07, 6.45) is -1.90. The van der Waals surface area contributed by atoms with Gasteiger partial charge in [0.05, 0.1) is 6.54 Å². The van der Waals surface area contributed by atoms with Gasteiger partial charge in [0, 0.05) is 49.4 Å². The van der Waals surface area contributed by atoms with Crippen molar-refractivity contribution >= 4 is 17.0 Å². The van der Waals surface area contributed by atoms with Gasteiger partial charge < -0.3 is 16.0 Å². The molecule has 1 saturated heterocycles. The molecule has 8 nitrogen and oxygen atoms in total. The first-order valence-electron chi connectivity index (χ1n) is 9.47. The van der Waals surface area contributed by atoms with Gasteiger partial charge in [-0.05, 0) is 39.8 Å². The fourth-order valence-corrected chi connectivity index (χ4v) is 4.13. The van der Waals surface area contributed by atoms with E-state index in [1.54, 1.807) is 0 Å². The molecule has 0 saturated carbocycles. The quantitative estimate of drug-likeness (QED) is 0.614. The van der Waals surface area contributed by atoms with Crippen molar-refractivity contribution in [2.45, 2.75) is 6.54 Å². The van der Waals surface area contributed by atoms with E-state index >= 15 is 0 Å². The van der Waals surface area contributed by atoms with Crippen molar-refractivity contribution in [3.05, 3.63) is 57.8 Å². The van der Waals surface area contributed by atoms with Crippen molar-refractivity contribution in [1.82, 2.24) is 25.1 Å². The van der Waals surface area contributed by atoms with Crippen LogP contribution in [0.3, 0.4) is 0 Å². The maximum Gasteiger partial charge on any atom is 0.369 e. The van der Waals surface area contributed by atoms with Crippen LogP contribution in [0.2, 0.25) is 0 Å². The molecule has 2 aromatic heterocycles. The lowest BCUT2D eigenvalue weighted by Crippen LogP contribution is -2.43. The zero-order valence-electron chi connectivity index (χ0n) is 16.1. The summed E-state index contributed by atoms with van der Waals surface area (Å²) in [5.41, 5.74) is 7.51. The van der Waals surface area contributed by atoms with Crippen molar-refractivity contribution < 1.29 is 8.78 Å². The highest BCUT2D eigenvalue weighted by Gasteiger charge is 2.15. The molecular formula is C19H21F2N7OS. The third kappa shape index (κ3) is 4.18. The molecule has 3 heterocycles. The van der Waals surface area contributed by atoms with E-state index in [0.29, 0.717) is 5.00 Å². The molecule has 1 aromatic carbocycles. The molecule has 1 aliphatic rings. The molecule has 1 fully saturated rings. The first-order chi connectivity index (χ1) is 14.6. The Hall–Kier alpha value is -2.89. The molecule has 0 amide bonds. The zero-order chi connectivity index (χ0) is 21.1. The van der Waals surface area contributed by atoms with Crippen LogP contribution in [0, 0.1) is 0 Å². The van der Waals surface area contributed by atoms with E-state index in [-0.39, 0.29) is 18.7 Å². The van der Waals surface area contributed by atoms with E-state index in [1.807, 2.05) is 23.6 Å². The summed E-state index contributed by atoms with van der Waals surface area (Å²) in [5, 5.41) is 13.3. The highest BCUT2D eigenvalue weighted by atomic mass is 32.1. The average molecular weight is 433 g/mol. The van der Waals surface area contributed by atoms with Crippen LogP contribution in [0.4, 0.5) is 14.5 Å². The Balaban J connectivity index is 1.53. The Labute approximate surface area is 175 Å². The van der Waals surface area contributed by atoms with E-state index in [2.05, 4.69) is 32.8 Å². The fourth-order valence-electron chi connectivity index (χ4n) is 3.27. The Bertz CT molecular complexity index is 1090. The van der Waals surface area contributed by atoms with Crippen LogP contribution in [-0.4, -0.2) is 52.5 Å². The van der Waals surface area contributed by atoms with Crippen LogP contribution in [0.25, 0.3) is 16.1 Å². The highest BCUT2D eigenvalue weighted by molar-refractivity contribution is 7.13. The van der Waals surface area contributed by atoms with Crippen molar-refractivity contribution in [3.63, 3.8) is 0 Å². The molecular weight excluding hydrogens is 412 g/mol. The van der Waals surface area contributed by atoms with Gasteiger partial charge in [0.15, 0.2) is 0 Å². The summed E-state index contributed by atoms with van der Waals surface area (Å²) in [4.78, 5) is 14.8. The third-order valence-electron chi connectivity index (χ3n) is 4.97. The minimum absolute atomic E-state index is 0.347. The molecule has 0 aliphatic carbocycles. The van der Waals surface area contributed by atoms with E-state index in [0.717, 1.165) is 46.7 Å². The normalized spacial score (nSPS) is 14.2. The Kier molecular flexibility index (Phi) is 6.02. The number of nitrogens with two attached hydrogens (primary N) is 1. The number of hydrogen-bond donors (Lipinski definition) is 2. The molecule has 0 bridgehead atoms. The molecule has 0 unspecified atom stereocenters. The van der Waals surface area contributed by atoms with Crippen LogP contribution < -0.4 is 21.6 Å². The van der Waals surface area contributed by atoms with E-state index in [4.69, 9.17) is 5.73 Å². The topological polar surface area (TPSA) is 94.0 Å². The minimum Gasteiger partial charge on any atom is -0.369 e. The number of rotatable bonds is 6. The maximum absolute atomic E-state index is 12.8. The molecule has 3 N–H and O–H groups in total. The van der Waals surface area contributed by atoms with Crippen molar-refractivity contribution in [1.29, 1.82) is 0 Å². The Morgan fingerprint density at radius 2 is 1.87 bits per heavy atom. The van der Waals surface area contributed by atoms with Gasteiger partial charge in [-0.3, -0.25) is 0 Å². The second-order valence-electron chi connectivity index (χ2n) is 6.86. The maximum atomic E-state index is 12.8. The summed E-state index contributed by atoms with van der Waals surface area (Å²) < 4.78 is 27.6. The third-order valence-corrected chi connectivity index (χ3v) is 5.87. The number of piperazine rings is 1. The van der Waals surface area contributed by atoms with Gasteiger partial charge in [-0.15, -0.1) is 11.3 Å². The minimum atomic E-state index is -1.90. The molecule has 0 spiro atoms. The van der Waals surface area contributed by atoms with Crippen LogP contribution in [-0.2, 0) is 6.54 Å². The van der Waals surface area contributed by atoms with Gasteiger partial charge in [-0.25, -0.2) is 4.79 Å². The standard InChI is InChI=1S/C19H21F2N7OS/c20-18(21)15(10-22)11-27-19(29)28(25-24-27)17-9-14(12-30-17)13-1-3-16(4-2-13)26-7-5-23-6-8-26/h1-4,9,12,23H,5-8,10-11,22H2. The van der Waals surface area contributed by atoms with Gasteiger partial charge in [-0.1, -0.05) is 12.1 Å². The first-order valence-corrected chi connectivity index (χ1v) is 10.4. The van der Waals surface area contributed by atoms with Gasteiger partial charge in [0.25, 0.3) is 6.08 Å². The molecule has 3 aromatic rings. The lowest BCUT2D eigenvalue weighted by Gasteiger charge is -2.29. The lowest BCUT2D eigenvalue weighted by molar-refractivity contribution is 0.400. The molecule has 0 radical (unpaired) electrons. The number of nitrogens with one attached hydrogen (secondary N) is 1. The summed E-state index contributed by atoms with van der Waals surface area (Å²) >= 11 is 1.33. The Morgan fingerprint density at radius 1 is 1.13 bits per heavy atom. The molecule has 11 heteroatoms. The van der Waals surface area contributed by atoms with Crippen LogP contribution in [0.15, 0.2) is 52.2 Å².